The van der Waals surface area contributed by atoms with Crippen LogP contribution in [0.25, 0.3) is 0 Å². The summed E-state index contributed by atoms with van der Waals surface area (Å²) in [7, 11) is -3.68. The van der Waals surface area contributed by atoms with Gasteiger partial charge in [0.15, 0.2) is 5.03 Å². The summed E-state index contributed by atoms with van der Waals surface area (Å²) in [5.41, 5.74) is 0.270. The molecule has 1 unspecified atom stereocenters. The Labute approximate surface area is 112 Å². The van der Waals surface area contributed by atoms with Crippen molar-refractivity contribution in [2.75, 3.05) is 13.2 Å². The summed E-state index contributed by atoms with van der Waals surface area (Å²) in [6.07, 6.45) is 3.01. The second-order valence-corrected chi connectivity index (χ2v) is 6.39. The minimum absolute atomic E-state index is 0.0612. The van der Waals surface area contributed by atoms with Gasteiger partial charge in [-0.2, -0.15) is 5.10 Å². The van der Waals surface area contributed by atoms with Gasteiger partial charge in [-0.15, -0.1) is 0 Å². The Morgan fingerprint density at radius 2 is 2.26 bits per heavy atom. The molecule has 0 amide bonds. The van der Waals surface area contributed by atoms with Gasteiger partial charge in [0, 0.05) is 24.8 Å². The lowest BCUT2D eigenvalue weighted by Crippen LogP contribution is -2.40. The van der Waals surface area contributed by atoms with Crippen LogP contribution in [0.15, 0.2) is 11.2 Å². The van der Waals surface area contributed by atoms with Crippen molar-refractivity contribution < 1.29 is 18.3 Å². The van der Waals surface area contributed by atoms with Crippen LogP contribution in [-0.2, 0) is 21.4 Å². The highest BCUT2D eigenvalue weighted by atomic mass is 32.2. The molecule has 7 nitrogen and oxygen atoms in total. The molecule has 1 aliphatic rings. The van der Waals surface area contributed by atoms with Crippen LogP contribution in [0.1, 0.15) is 25.3 Å². The van der Waals surface area contributed by atoms with Crippen LogP contribution in [0, 0.1) is 5.92 Å². The number of sulfonamides is 1. The second-order valence-electron chi connectivity index (χ2n) is 4.74. The van der Waals surface area contributed by atoms with Crippen LogP contribution in [0.2, 0.25) is 0 Å². The molecule has 0 radical (unpaired) electrons. The zero-order chi connectivity index (χ0) is 13.9. The third-order valence-corrected chi connectivity index (χ3v) is 5.00. The fraction of sp³-hybridized carbons (Fsp3) is 0.727. The quantitative estimate of drug-likeness (QED) is 0.707. The number of hydrogen-bond acceptors (Lipinski definition) is 5. The number of nitrogens with one attached hydrogen (secondary N) is 2. The first-order valence-corrected chi connectivity index (χ1v) is 7.76. The van der Waals surface area contributed by atoms with E-state index in [-0.39, 0.29) is 29.2 Å². The molecular formula is C11H19N3O4S. The first-order chi connectivity index (χ1) is 9.04. The Kier molecular flexibility index (Phi) is 4.56. The Hall–Kier alpha value is -0.960. The van der Waals surface area contributed by atoms with Gasteiger partial charge in [0.05, 0.1) is 12.8 Å². The third-order valence-electron chi connectivity index (χ3n) is 3.43. The maximum Gasteiger partial charge on any atom is 0.258 e. The van der Waals surface area contributed by atoms with Crippen molar-refractivity contribution in [3.63, 3.8) is 0 Å². The number of aliphatic hydroxyl groups excluding tert-OH is 1. The predicted octanol–water partition coefficient (Wildman–Crippen LogP) is -0.00460. The summed E-state index contributed by atoms with van der Waals surface area (Å²) >= 11 is 0. The van der Waals surface area contributed by atoms with Gasteiger partial charge in [-0.05, 0) is 25.7 Å². The number of nitrogens with zero attached hydrogens (tertiary/aromatic N) is 1. The van der Waals surface area contributed by atoms with Crippen LogP contribution in [-0.4, -0.2) is 43.0 Å². The zero-order valence-electron chi connectivity index (χ0n) is 10.8. The minimum atomic E-state index is -3.68. The summed E-state index contributed by atoms with van der Waals surface area (Å²) in [5, 5.41) is 15.1. The molecule has 108 valence electrons. The van der Waals surface area contributed by atoms with Crippen LogP contribution >= 0.6 is 0 Å². The van der Waals surface area contributed by atoms with E-state index in [0.717, 1.165) is 12.8 Å². The molecule has 1 fully saturated rings. The highest BCUT2D eigenvalue weighted by Crippen LogP contribution is 2.20. The fourth-order valence-electron chi connectivity index (χ4n) is 2.26. The van der Waals surface area contributed by atoms with Crippen molar-refractivity contribution in [2.45, 2.75) is 37.4 Å². The molecule has 0 aliphatic carbocycles. The van der Waals surface area contributed by atoms with Gasteiger partial charge in [-0.3, -0.25) is 5.10 Å². The maximum absolute atomic E-state index is 12.2. The summed E-state index contributed by atoms with van der Waals surface area (Å²) in [6, 6.07) is -0.177. The lowest BCUT2D eigenvalue weighted by molar-refractivity contribution is 0.0585. The Bertz CT molecular complexity index is 508. The molecule has 19 heavy (non-hydrogen) atoms. The normalized spacial score (nSPS) is 19.5. The number of aromatic nitrogens is 2. The van der Waals surface area contributed by atoms with Crippen LogP contribution in [0.3, 0.4) is 0 Å². The summed E-state index contributed by atoms with van der Waals surface area (Å²) < 4.78 is 32.3. The molecular weight excluding hydrogens is 270 g/mol. The lowest BCUT2D eigenvalue weighted by Gasteiger charge is -2.28. The number of aliphatic hydroxyl groups is 1. The molecule has 0 aromatic carbocycles. The molecule has 1 saturated heterocycles. The number of H-pyrrole nitrogens is 1. The van der Waals surface area contributed by atoms with Crippen molar-refractivity contribution in [2.24, 2.45) is 5.92 Å². The van der Waals surface area contributed by atoms with E-state index in [2.05, 4.69) is 14.9 Å². The van der Waals surface area contributed by atoms with Crippen LogP contribution in [0.5, 0.6) is 0 Å². The molecule has 1 aromatic rings. The predicted molar refractivity (Wildman–Crippen MR) is 67.8 cm³/mol. The van der Waals surface area contributed by atoms with Crippen molar-refractivity contribution in [1.29, 1.82) is 0 Å². The molecule has 1 aromatic heterocycles. The van der Waals surface area contributed by atoms with Gasteiger partial charge in [0.2, 0.25) is 0 Å². The second kappa shape index (κ2) is 6.00. The average molecular weight is 289 g/mol. The average Bonchev–Trinajstić information content (AvgIpc) is 2.88. The van der Waals surface area contributed by atoms with E-state index in [9.17, 15) is 8.42 Å². The van der Waals surface area contributed by atoms with Crippen LogP contribution in [0.4, 0.5) is 0 Å². The zero-order valence-corrected chi connectivity index (χ0v) is 11.6. The van der Waals surface area contributed by atoms with E-state index < -0.39 is 10.0 Å². The summed E-state index contributed by atoms with van der Waals surface area (Å²) in [6.45, 7) is 2.83. The summed E-state index contributed by atoms with van der Waals surface area (Å²) in [5.74, 6) is 0.268. The van der Waals surface area contributed by atoms with Gasteiger partial charge in [-0.25, -0.2) is 13.1 Å². The smallest absolute Gasteiger partial charge is 0.258 e. The largest absolute Gasteiger partial charge is 0.392 e. The van der Waals surface area contributed by atoms with E-state index in [1.54, 1.807) is 0 Å². The SMILES string of the molecule is CC(NS(=O)(=O)c1[nH]ncc1CO)C1CCOCC1. The van der Waals surface area contributed by atoms with Crippen molar-refractivity contribution >= 4 is 10.0 Å². The van der Waals surface area contributed by atoms with Gasteiger partial charge >= 0.3 is 0 Å². The van der Waals surface area contributed by atoms with Crippen molar-refractivity contribution in [1.82, 2.24) is 14.9 Å². The topological polar surface area (TPSA) is 104 Å². The van der Waals surface area contributed by atoms with Crippen LogP contribution < -0.4 is 4.72 Å². The van der Waals surface area contributed by atoms with Crippen molar-refractivity contribution in [3.8, 4) is 0 Å². The molecule has 8 heteroatoms. The van der Waals surface area contributed by atoms with E-state index in [0.29, 0.717) is 13.2 Å². The van der Waals surface area contributed by atoms with Gasteiger partial charge < -0.3 is 9.84 Å². The van der Waals surface area contributed by atoms with Gasteiger partial charge in [-0.1, -0.05) is 0 Å². The molecule has 0 saturated carbocycles. The molecule has 1 atom stereocenters. The number of aromatic amines is 1. The van der Waals surface area contributed by atoms with E-state index in [1.807, 2.05) is 6.92 Å². The van der Waals surface area contributed by atoms with Gasteiger partial charge in [0.1, 0.15) is 0 Å². The lowest BCUT2D eigenvalue weighted by atomic mass is 9.94. The van der Waals surface area contributed by atoms with E-state index in [4.69, 9.17) is 9.84 Å². The molecule has 1 aliphatic heterocycles. The monoisotopic (exact) mass is 289 g/mol. The van der Waals surface area contributed by atoms with E-state index in [1.165, 1.54) is 6.20 Å². The Balaban J connectivity index is 2.08. The maximum atomic E-state index is 12.2. The highest BCUT2D eigenvalue weighted by molar-refractivity contribution is 7.89. The minimum Gasteiger partial charge on any atom is -0.392 e. The standard InChI is InChI=1S/C11H19N3O4S/c1-8(9-2-4-18-5-3-9)14-19(16,17)11-10(7-15)6-12-13-11/h6,8-9,14-15H,2-5,7H2,1H3,(H,12,13). The third kappa shape index (κ3) is 3.33. The summed E-state index contributed by atoms with van der Waals surface area (Å²) in [4.78, 5) is 0. The van der Waals surface area contributed by atoms with Crippen molar-refractivity contribution in [3.05, 3.63) is 11.8 Å². The van der Waals surface area contributed by atoms with E-state index >= 15 is 0 Å². The fourth-order valence-corrected chi connectivity index (χ4v) is 3.70. The number of rotatable bonds is 5. The molecule has 2 heterocycles. The Morgan fingerprint density at radius 1 is 1.58 bits per heavy atom. The number of hydrogen-bond donors (Lipinski definition) is 3. The first-order valence-electron chi connectivity index (χ1n) is 6.28. The molecule has 3 N–H and O–H groups in total. The Morgan fingerprint density at radius 3 is 2.89 bits per heavy atom. The van der Waals surface area contributed by atoms with Gasteiger partial charge in [0.25, 0.3) is 10.0 Å². The number of ether oxygens (including phenoxy) is 1. The molecule has 0 bridgehead atoms. The highest BCUT2D eigenvalue weighted by Gasteiger charge is 2.27. The first kappa shape index (κ1) is 14.4. The molecule has 0 spiro atoms. The molecule has 2 rings (SSSR count).